The second kappa shape index (κ2) is 13.1. The van der Waals surface area contributed by atoms with Crippen molar-refractivity contribution in [2.75, 3.05) is 56.6 Å². The molecule has 2 aliphatic rings. The van der Waals surface area contributed by atoms with Crippen molar-refractivity contribution < 1.29 is 9.53 Å². The Kier molecular flexibility index (Phi) is 9.12. The molecule has 2 fully saturated rings. The zero-order valence-electron chi connectivity index (χ0n) is 23.3. The summed E-state index contributed by atoms with van der Waals surface area (Å²) in [6.45, 7) is 8.98. The van der Waals surface area contributed by atoms with Crippen molar-refractivity contribution in [3.8, 4) is 5.75 Å². The Bertz CT molecular complexity index is 1190. The Hall–Kier alpha value is -3.42. The highest BCUT2D eigenvalue weighted by molar-refractivity contribution is 5.90. The standard InChI is InChI=1S/C32H41N5O2/c1-25-10-13-27(14-11-25)34-32(38)15-12-26-23-35(24-28-7-5-6-17-33-28)18-16-29(26)36-19-21-37(22-20-36)30-8-3-4-9-31(30)39-2/h3-11,13-14,17,26,29H,12,15-16,18-24H2,1-2H3,(H,34,38)/t26-,29+/m0/s1. The molecule has 0 unspecified atom stereocenters. The number of piperazine rings is 1. The molecule has 0 bridgehead atoms. The Labute approximate surface area is 232 Å². The van der Waals surface area contributed by atoms with E-state index in [9.17, 15) is 4.79 Å². The van der Waals surface area contributed by atoms with Crippen molar-refractivity contribution >= 4 is 17.3 Å². The minimum Gasteiger partial charge on any atom is -0.495 e. The highest BCUT2D eigenvalue weighted by Gasteiger charge is 2.35. The van der Waals surface area contributed by atoms with Crippen molar-refractivity contribution in [3.63, 3.8) is 0 Å². The number of nitrogens with zero attached hydrogens (tertiary/aromatic N) is 4. The molecule has 2 aliphatic heterocycles. The molecule has 3 aromatic rings. The first-order valence-corrected chi connectivity index (χ1v) is 14.2. The third-order valence-electron chi connectivity index (χ3n) is 8.18. The normalized spacial score (nSPS) is 20.5. The molecule has 0 spiro atoms. The van der Waals surface area contributed by atoms with Gasteiger partial charge in [0, 0.05) is 70.2 Å². The van der Waals surface area contributed by atoms with Crippen LogP contribution in [0.15, 0.2) is 72.9 Å². The SMILES string of the molecule is COc1ccccc1N1CCN([C@@H]2CCN(Cc3ccccn3)C[C@@H]2CCC(=O)Nc2ccc(C)cc2)CC1. The molecule has 0 saturated carbocycles. The zero-order chi connectivity index (χ0) is 27.0. The number of amides is 1. The second-order valence-corrected chi connectivity index (χ2v) is 10.8. The van der Waals surface area contributed by atoms with Crippen LogP contribution in [-0.4, -0.2) is 73.1 Å². The molecule has 7 heteroatoms. The van der Waals surface area contributed by atoms with Crippen LogP contribution >= 0.6 is 0 Å². The maximum Gasteiger partial charge on any atom is 0.224 e. The van der Waals surface area contributed by atoms with E-state index in [0.29, 0.717) is 18.4 Å². The van der Waals surface area contributed by atoms with Gasteiger partial charge in [0.2, 0.25) is 5.91 Å². The molecular weight excluding hydrogens is 486 g/mol. The number of carbonyl (C=O) groups is 1. The van der Waals surface area contributed by atoms with Crippen molar-refractivity contribution in [1.29, 1.82) is 0 Å². The molecule has 0 radical (unpaired) electrons. The van der Waals surface area contributed by atoms with E-state index in [-0.39, 0.29) is 5.91 Å². The minimum atomic E-state index is 0.0976. The maximum absolute atomic E-state index is 12.9. The van der Waals surface area contributed by atoms with Gasteiger partial charge < -0.3 is 15.0 Å². The molecule has 39 heavy (non-hydrogen) atoms. The number of pyridine rings is 1. The first-order valence-electron chi connectivity index (χ1n) is 14.2. The average Bonchev–Trinajstić information content (AvgIpc) is 2.98. The lowest BCUT2D eigenvalue weighted by Crippen LogP contribution is -2.56. The summed E-state index contributed by atoms with van der Waals surface area (Å²) in [5.74, 6) is 1.47. The van der Waals surface area contributed by atoms with Gasteiger partial charge in [0.25, 0.3) is 0 Å². The highest BCUT2D eigenvalue weighted by atomic mass is 16.5. The van der Waals surface area contributed by atoms with E-state index >= 15 is 0 Å². The highest BCUT2D eigenvalue weighted by Crippen LogP contribution is 2.32. The average molecular weight is 528 g/mol. The number of hydrogen-bond donors (Lipinski definition) is 1. The summed E-state index contributed by atoms with van der Waals surface area (Å²) in [6.07, 6.45) is 4.41. The molecule has 2 atom stereocenters. The number of hydrogen-bond acceptors (Lipinski definition) is 6. The van der Waals surface area contributed by atoms with Crippen molar-refractivity contribution in [2.45, 2.75) is 38.8 Å². The maximum atomic E-state index is 12.9. The van der Waals surface area contributed by atoms with E-state index in [1.165, 1.54) is 11.3 Å². The third kappa shape index (κ3) is 7.16. The van der Waals surface area contributed by atoms with Gasteiger partial charge in [0.05, 0.1) is 18.5 Å². The number of piperidine rings is 1. The van der Waals surface area contributed by atoms with E-state index in [4.69, 9.17) is 4.74 Å². The van der Waals surface area contributed by atoms with Crippen LogP contribution in [-0.2, 0) is 11.3 Å². The number of likely N-dealkylation sites (tertiary alicyclic amines) is 1. The van der Waals surface area contributed by atoms with Gasteiger partial charge in [0.1, 0.15) is 5.75 Å². The first-order chi connectivity index (χ1) is 19.1. The van der Waals surface area contributed by atoms with Gasteiger partial charge in [-0.15, -0.1) is 0 Å². The topological polar surface area (TPSA) is 60.9 Å². The van der Waals surface area contributed by atoms with Crippen LogP contribution in [0.3, 0.4) is 0 Å². The van der Waals surface area contributed by atoms with Gasteiger partial charge in [-0.05, 0) is 62.1 Å². The molecule has 2 saturated heterocycles. The minimum absolute atomic E-state index is 0.0976. The van der Waals surface area contributed by atoms with Crippen LogP contribution in [0.1, 0.15) is 30.5 Å². The van der Waals surface area contributed by atoms with Gasteiger partial charge in [-0.3, -0.25) is 19.6 Å². The van der Waals surface area contributed by atoms with Crippen LogP contribution in [0.5, 0.6) is 5.75 Å². The Balaban J connectivity index is 1.22. The fourth-order valence-corrected chi connectivity index (χ4v) is 6.09. The zero-order valence-corrected chi connectivity index (χ0v) is 23.3. The third-order valence-corrected chi connectivity index (χ3v) is 8.18. The molecule has 1 amide bonds. The van der Waals surface area contributed by atoms with Gasteiger partial charge in [0.15, 0.2) is 0 Å². The van der Waals surface area contributed by atoms with Crippen LogP contribution in [0.25, 0.3) is 0 Å². The Morgan fingerprint density at radius 1 is 0.974 bits per heavy atom. The predicted molar refractivity (Wildman–Crippen MR) is 157 cm³/mol. The monoisotopic (exact) mass is 527 g/mol. The Morgan fingerprint density at radius 3 is 2.49 bits per heavy atom. The molecule has 0 aliphatic carbocycles. The van der Waals surface area contributed by atoms with Gasteiger partial charge >= 0.3 is 0 Å². The summed E-state index contributed by atoms with van der Waals surface area (Å²) in [6, 6.07) is 22.9. The number of aryl methyl sites for hydroxylation is 1. The van der Waals surface area contributed by atoms with Crippen LogP contribution in [0, 0.1) is 12.8 Å². The lowest BCUT2D eigenvalue weighted by atomic mass is 9.86. The molecular formula is C32H41N5O2. The second-order valence-electron chi connectivity index (χ2n) is 10.8. The smallest absolute Gasteiger partial charge is 0.224 e. The summed E-state index contributed by atoms with van der Waals surface area (Å²) < 4.78 is 5.62. The predicted octanol–water partition coefficient (Wildman–Crippen LogP) is 4.83. The summed E-state index contributed by atoms with van der Waals surface area (Å²) in [5, 5.41) is 3.09. The van der Waals surface area contributed by atoms with Crippen LogP contribution in [0.2, 0.25) is 0 Å². The van der Waals surface area contributed by atoms with Gasteiger partial charge in [-0.25, -0.2) is 0 Å². The number of aromatic nitrogens is 1. The lowest BCUT2D eigenvalue weighted by Gasteiger charge is -2.47. The summed E-state index contributed by atoms with van der Waals surface area (Å²) in [7, 11) is 1.74. The molecule has 2 aromatic carbocycles. The number of methoxy groups -OCH3 is 1. The van der Waals surface area contributed by atoms with Gasteiger partial charge in [-0.1, -0.05) is 35.9 Å². The largest absolute Gasteiger partial charge is 0.495 e. The van der Waals surface area contributed by atoms with Crippen molar-refractivity contribution in [2.24, 2.45) is 5.92 Å². The van der Waals surface area contributed by atoms with Gasteiger partial charge in [-0.2, -0.15) is 0 Å². The first kappa shape index (κ1) is 27.2. The lowest BCUT2D eigenvalue weighted by molar-refractivity contribution is -0.116. The van der Waals surface area contributed by atoms with E-state index in [1.807, 2.05) is 48.7 Å². The van der Waals surface area contributed by atoms with Crippen LogP contribution in [0.4, 0.5) is 11.4 Å². The number of para-hydroxylation sites is 2. The number of ether oxygens (including phenoxy) is 1. The summed E-state index contributed by atoms with van der Waals surface area (Å²) in [5.41, 5.74) is 4.35. The molecule has 1 N–H and O–H groups in total. The number of nitrogens with one attached hydrogen (secondary N) is 1. The number of anilines is 2. The fourth-order valence-electron chi connectivity index (χ4n) is 6.09. The fraction of sp³-hybridized carbons (Fsp3) is 0.438. The van der Waals surface area contributed by atoms with E-state index in [2.05, 4.69) is 56.2 Å². The Morgan fingerprint density at radius 2 is 1.74 bits per heavy atom. The molecule has 7 nitrogen and oxygen atoms in total. The molecule has 1 aromatic heterocycles. The summed E-state index contributed by atoms with van der Waals surface area (Å²) in [4.78, 5) is 25.1. The number of benzene rings is 2. The van der Waals surface area contributed by atoms with E-state index < -0.39 is 0 Å². The number of rotatable bonds is 9. The molecule has 5 rings (SSSR count). The summed E-state index contributed by atoms with van der Waals surface area (Å²) >= 11 is 0. The van der Waals surface area contributed by atoms with Crippen molar-refractivity contribution in [1.82, 2.24) is 14.8 Å². The van der Waals surface area contributed by atoms with Crippen LogP contribution < -0.4 is 15.0 Å². The number of carbonyl (C=O) groups excluding carboxylic acids is 1. The van der Waals surface area contributed by atoms with E-state index in [0.717, 1.165) is 75.8 Å². The van der Waals surface area contributed by atoms with Crippen molar-refractivity contribution in [3.05, 3.63) is 84.2 Å². The van der Waals surface area contributed by atoms with E-state index in [1.54, 1.807) is 7.11 Å². The molecule has 3 heterocycles. The quantitative estimate of drug-likeness (QED) is 0.430. The molecule has 206 valence electrons.